The van der Waals surface area contributed by atoms with E-state index in [4.69, 9.17) is 0 Å². The molecule has 0 spiro atoms. The molecule has 0 heterocycles. The van der Waals surface area contributed by atoms with Crippen molar-refractivity contribution >= 4 is 0 Å². The van der Waals surface area contributed by atoms with Gasteiger partial charge < -0.3 is 5.11 Å². The van der Waals surface area contributed by atoms with Gasteiger partial charge in [-0.1, -0.05) is 25.8 Å². The molecule has 0 bridgehead atoms. The molecule has 15 heavy (non-hydrogen) atoms. The lowest BCUT2D eigenvalue weighted by Crippen LogP contribution is -2.36. The third-order valence-corrected chi connectivity index (χ3v) is 4.11. The van der Waals surface area contributed by atoms with Gasteiger partial charge in [-0.3, -0.25) is 0 Å². The van der Waals surface area contributed by atoms with Gasteiger partial charge in [-0.25, -0.2) is 0 Å². The van der Waals surface area contributed by atoms with Crippen LogP contribution in [0, 0.1) is 5.92 Å². The van der Waals surface area contributed by atoms with Gasteiger partial charge in [0.1, 0.15) is 0 Å². The average molecular weight is 208 g/mol. The summed E-state index contributed by atoms with van der Waals surface area (Å²) in [5.74, 6) is 0.702. The van der Waals surface area contributed by atoms with Crippen molar-refractivity contribution < 1.29 is 5.11 Å². The van der Waals surface area contributed by atoms with Crippen LogP contribution < -0.4 is 0 Å². The quantitative estimate of drug-likeness (QED) is 0.649. The molecule has 2 unspecified atom stereocenters. The van der Waals surface area contributed by atoms with Crippen molar-refractivity contribution in [3.05, 3.63) is 11.6 Å². The van der Waals surface area contributed by atoms with Crippen LogP contribution in [0.25, 0.3) is 0 Å². The summed E-state index contributed by atoms with van der Waals surface area (Å²) < 4.78 is 0. The van der Waals surface area contributed by atoms with Crippen LogP contribution in [0.5, 0.6) is 0 Å². The Morgan fingerprint density at radius 1 is 1.27 bits per heavy atom. The number of rotatable bonds is 1. The molecule has 0 aromatic rings. The molecule has 0 saturated heterocycles. The first-order valence-corrected chi connectivity index (χ1v) is 6.63. The highest BCUT2D eigenvalue weighted by Crippen LogP contribution is 2.40. The van der Waals surface area contributed by atoms with Crippen LogP contribution in [-0.2, 0) is 0 Å². The van der Waals surface area contributed by atoms with Gasteiger partial charge in [0.25, 0.3) is 0 Å². The van der Waals surface area contributed by atoms with Gasteiger partial charge in [-0.15, -0.1) is 0 Å². The SMILES string of the molecule is CC1CCCC(O)(C2=CCCCCC2)C1. The minimum atomic E-state index is -0.429. The van der Waals surface area contributed by atoms with E-state index in [1.54, 1.807) is 0 Å². The molecule has 0 amide bonds. The number of allylic oxidation sites excluding steroid dienone is 1. The highest BCUT2D eigenvalue weighted by molar-refractivity contribution is 5.18. The van der Waals surface area contributed by atoms with Crippen LogP contribution in [0.15, 0.2) is 11.6 Å². The van der Waals surface area contributed by atoms with E-state index in [-0.39, 0.29) is 0 Å². The summed E-state index contributed by atoms with van der Waals surface area (Å²) in [5.41, 5.74) is 0.939. The lowest BCUT2D eigenvalue weighted by Gasteiger charge is -2.37. The molecule has 2 atom stereocenters. The Hall–Kier alpha value is -0.300. The van der Waals surface area contributed by atoms with Crippen molar-refractivity contribution in [2.24, 2.45) is 5.92 Å². The molecule has 86 valence electrons. The molecule has 1 saturated carbocycles. The first-order chi connectivity index (χ1) is 7.21. The second-order valence-electron chi connectivity index (χ2n) is 5.56. The summed E-state index contributed by atoms with van der Waals surface area (Å²) in [6, 6.07) is 0. The Balaban J connectivity index is 2.08. The molecule has 2 aliphatic rings. The number of hydrogen-bond acceptors (Lipinski definition) is 1. The van der Waals surface area contributed by atoms with Crippen molar-refractivity contribution in [2.75, 3.05) is 0 Å². The fourth-order valence-corrected chi connectivity index (χ4v) is 3.25. The lowest BCUT2D eigenvalue weighted by molar-refractivity contribution is 0.0178. The summed E-state index contributed by atoms with van der Waals surface area (Å²) >= 11 is 0. The van der Waals surface area contributed by atoms with Crippen molar-refractivity contribution in [3.63, 3.8) is 0 Å². The monoisotopic (exact) mass is 208 g/mol. The van der Waals surface area contributed by atoms with Crippen molar-refractivity contribution in [3.8, 4) is 0 Å². The van der Waals surface area contributed by atoms with Crippen LogP contribution in [0.2, 0.25) is 0 Å². The number of hydrogen-bond donors (Lipinski definition) is 1. The van der Waals surface area contributed by atoms with Crippen LogP contribution in [0.1, 0.15) is 64.7 Å². The second kappa shape index (κ2) is 4.69. The standard InChI is InChI=1S/C14H24O/c1-12-7-6-10-14(15,11-12)13-8-4-2-3-5-9-13/h8,12,15H,2-7,9-11H2,1H3. The van der Waals surface area contributed by atoms with Crippen LogP contribution in [-0.4, -0.2) is 10.7 Å². The Bertz CT molecular complexity index is 244. The van der Waals surface area contributed by atoms with Gasteiger partial charge in [0.05, 0.1) is 5.60 Å². The Kier molecular flexibility index (Phi) is 3.50. The van der Waals surface area contributed by atoms with Crippen LogP contribution in [0.3, 0.4) is 0 Å². The van der Waals surface area contributed by atoms with E-state index in [1.807, 2.05) is 0 Å². The lowest BCUT2D eigenvalue weighted by atomic mass is 9.73. The van der Waals surface area contributed by atoms with Crippen molar-refractivity contribution in [1.82, 2.24) is 0 Å². The van der Waals surface area contributed by atoms with Crippen molar-refractivity contribution in [1.29, 1.82) is 0 Å². The van der Waals surface area contributed by atoms with E-state index in [0.29, 0.717) is 5.92 Å². The first kappa shape index (κ1) is 11.2. The molecule has 1 heteroatoms. The molecular weight excluding hydrogens is 184 g/mol. The molecule has 0 radical (unpaired) electrons. The molecule has 0 aromatic heterocycles. The Morgan fingerprint density at radius 2 is 2.13 bits per heavy atom. The predicted octanol–water partition coefficient (Wildman–Crippen LogP) is 3.82. The highest BCUT2D eigenvalue weighted by Gasteiger charge is 2.35. The third kappa shape index (κ3) is 2.63. The summed E-state index contributed by atoms with van der Waals surface area (Å²) in [6.07, 6.45) is 13.1. The average Bonchev–Trinajstić information content (AvgIpc) is 2.45. The summed E-state index contributed by atoms with van der Waals surface area (Å²) in [7, 11) is 0. The fraction of sp³-hybridized carbons (Fsp3) is 0.857. The van der Waals surface area contributed by atoms with Crippen LogP contribution in [0.4, 0.5) is 0 Å². The predicted molar refractivity (Wildman–Crippen MR) is 63.7 cm³/mol. The van der Waals surface area contributed by atoms with E-state index >= 15 is 0 Å². The zero-order chi connectivity index (χ0) is 10.7. The maximum Gasteiger partial charge on any atom is 0.0859 e. The smallest absolute Gasteiger partial charge is 0.0859 e. The Morgan fingerprint density at radius 3 is 2.93 bits per heavy atom. The normalized spacial score (nSPS) is 38.3. The summed E-state index contributed by atoms with van der Waals surface area (Å²) in [5, 5.41) is 10.7. The largest absolute Gasteiger partial charge is 0.386 e. The highest BCUT2D eigenvalue weighted by atomic mass is 16.3. The Labute approximate surface area is 93.6 Å². The number of aliphatic hydroxyl groups is 1. The van der Waals surface area contributed by atoms with E-state index < -0.39 is 5.60 Å². The molecular formula is C14H24O. The third-order valence-electron chi connectivity index (χ3n) is 4.11. The van der Waals surface area contributed by atoms with E-state index in [9.17, 15) is 5.11 Å². The second-order valence-corrected chi connectivity index (χ2v) is 5.56. The first-order valence-electron chi connectivity index (χ1n) is 6.63. The molecule has 0 aliphatic heterocycles. The maximum atomic E-state index is 10.7. The summed E-state index contributed by atoms with van der Waals surface area (Å²) in [6.45, 7) is 2.28. The summed E-state index contributed by atoms with van der Waals surface area (Å²) in [4.78, 5) is 0. The van der Waals surface area contributed by atoms with Crippen LogP contribution >= 0.6 is 0 Å². The maximum absolute atomic E-state index is 10.7. The minimum Gasteiger partial charge on any atom is -0.386 e. The van der Waals surface area contributed by atoms with Crippen molar-refractivity contribution in [2.45, 2.75) is 70.3 Å². The zero-order valence-electron chi connectivity index (χ0n) is 9.97. The van der Waals surface area contributed by atoms with Gasteiger partial charge in [-0.05, 0) is 56.4 Å². The molecule has 2 rings (SSSR count). The molecule has 1 N–H and O–H groups in total. The minimum absolute atomic E-state index is 0.429. The van der Waals surface area contributed by atoms with E-state index in [2.05, 4.69) is 13.0 Å². The fourth-order valence-electron chi connectivity index (χ4n) is 3.25. The molecule has 1 fully saturated rings. The molecule has 1 nitrogen and oxygen atoms in total. The molecule has 2 aliphatic carbocycles. The van der Waals surface area contributed by atoms with E-state index in [1.165, 1.54) is 44.1 Å². The zero-order valence-corrected chi connectivity index (χ0v) is 9.97. The van der Waals surface area contributed by atoms with Gasteiger partial charge >= 0.3 is 0 Å². The van der Waals surface area contributed by atoms with E-state index in [0.717, 1.165) is 19.3 Å². The van der Waals surface area contributed by atoms with Gasteiger partial charge in [0.15, 0.2) is 0 Å². The topological polar surface area (TPSA) is 20.2 Å². The van der Waals surface area contributed by atoms with Gasteiger partial charge in [-0.2, -0.15) is 0 Å². The van der Waals surface area contributed by atoms with Gasteiger partial charge in [0.2, 0.25) is 0 Å². The van der Waals surface area contributed by atoms with Gasteiger partial charge in [0, 0.05) is 0 Å². The molecule has 0 aromatic carbocycles.